The third kappa shape index (κ3) is 3.73. The highest BCUT2D eigenvalue weighted by atomic mass is 16.5. The number of aliphatic carboxylic acids is 1. The van der Waals surface area contributed by atoms with Crippen molar-refractivity contribution < 1.29 is 19.4 Å². The summed E-state index contributed by atoms with van der Waals surface area (Å²) in [4.78, 5) is 10.9. The summed E-state index contributed by atoms with van der Waals surface area (Å²) in [6, 6.07) is 13.4. The Balaban J connectivity index is 2.20. The average molecular weight is 287 g/mol. The van der Waals surface area contributed by atoms with Gasteiger partial charge in [-0.1, -0.05) is 36.4 Å². The fourth-order valence-electron chi connectivity index (χ4n) is 1.88. The number of nitrogens with two attached hydrogens (primary N) is 1. The molecule has 0 aromatic heterocycles. The Morgan fingerprint density at radius 3 is 2.52 bits per heavy atom. The van der Waals surface area contributed by atoms with Gasteiger partial charge in [0.1, 0.15) is 12.6 Å². The van der Waals surface area contributed by atoms with Crippen LogP contribution >= 0.6 is 0 Å². The van der Waals surface area contributed by atoms with Crippen molar-refractivity contribution in [3.05, 3.63) is 59.7 Å². The van der Waals surface area contributed by atoms with E-state index >= 15 is 0 Å². The lowest BCUT2D eigenvalue weighted by atomic mass is 10.1. The fourth-order valence-corrected chi connectivity index (χ4v) is 1.88. The van der Waals surface area contributed by atoms with E-state index in [1.165, 1.54) is 7.11 Å². The molecule has 0 aliphatic rings. The first-order valence-corrected chi connectivity index (χ1v) is 6.45. The number of hydrogen-bond acceptors (Lipinski definition) is 4. The van der Waals surface area contributed by atoms with Crippen LogP contribution in [0.3, 0.4) is 0 Å². The Labute approximate surface area is 122 Å². The van der Waals surface area contributed by atoms with Gasteiger partial charge in [0.25, 0.3) is 0 Å². The molecular formula is C16H17NO4. The molecule has 2 aromatic rings. The number of carbonyl (C=O) groups is 1. The molecule has 1 atom stereocenters. The zero-order valence-electron chi connectivity index (χ0n) is 11.7. The third-order valence-corrected chi connectivity index (χ3v) is 3.05. The second-order valence-electron chi connectivity index (χ2n) is 4.50. The van der Waals surface area contributed by atoms with Crippen LogP contribution < -0.4 is 15.2 Å². The van der Waals surface area contributed by atoms with Gasteiger partial charge in [-0.15, -0.1) is 0 Å². The molecule has 0 aliphatic heterocycles. The second-order valence-corrected chi connectivity index (χ2v) is 4.50. The van der Waals surface area contributed by atoms with Gasteiger partial charge < -0.3 is 20.3 Å². The molecule has 21 heavy (non-hydrogen) atoms. The molecule has 2 aromatic carbocycles. The van der Waals surface area contributed by atoms with Crippen LogP contribution in [0.4, 0.5) is 0 Å². The van der Waals surface area contributed by atoms with Crippen molar-refractivity contribution in [1.82, 2.24) is 0 Å². The molecule has 2 rings (SSSR count). The van der Waals surface area contributed by atoms with Gasteiger partial charge in [0.05, 0.1) is 7.11 Å². The zero-order chi connectivity index (χ0) is 15.2. The molecule has 0 bridgehead atoms. The minimum atomic E-state index is -1.09. The van der Waals surface area contributed by atoms with E-state index in [1.54, 1.807) is 18.2 Å². The minimum Gasteiger partial charge on any atom is -0.493 e. The number of hydrogen-bond donors (Lipinski definition) is 2. The molecule has 0 radical (unpaired) electrons. The first-order valence-electron chi connectivity index (χ1n) is 6.45. The van der Waals surface area contributed by atoms with Crippen molar-refractivity contribution in [3.63, 3.8) is 0 Å². The predicted molar refractivity (Wildman–Crippen MR) is 78.3 cm³/mol. The molecule has 110 valence electrons. The third-order valence-electron chi connectivity index (χ3n) is 3.05. The molecule has 0 spiro atoms. The summed E-state index contributed by atoms with van der Waals surface area (Å²) in [5, 5.41) is 8.96. The predicted octanol–water partition coefficient (Wildman–Crippen LogP) is 2.36. The molecule has 0 saturated heterocycles. The Bertz CT molecular complexity index is 613. The topological polar surface area (TPSA) is 81.8 Å². The van der Waals surface area contributed by atoms with E-state index in [0.29, 0.717) is 23.7 Å². The van der Waals surface area contributed by atoms with Crippen molar-refractivity contribution >= 4 is 5.97 Å². The highest BCUT2D eigenvalue weighted by Crippen LogP contribution is 2.30. The van der Waals surface area contributed by atoms with E-state index < -0.39 is 12.0 Å². The summed E-state index contributed by atoms with van der Waals surface area (Å²) in [5.41, 5.74) is 7.08. The standard InChI is InChI=1S/C16H17NO4/c1-20-13-8-7-12(15(17)16(18)19)9-14(13)21-10-11-5-3-2-4-6-11/h2-9,15H,10,17H2,1H3,(H,18,19)/t15-/m0/s1. The molecule has 0 amide bonds. The Morgan fingerprint density at radius 1 is 1.19 bits per heavy atom. The fraction of sp³-hybridized carbons (Fsp3) is 0.188. The molecular weight excluding hydrogens is 270 g/mol. The largest absolute Gasteiger partial charge is 0.493 e. The number of carboxylic acid groups (broad SMARTS) is 1. The number of ether oxygens (including phenoxy) is 2. The van der Waals surface area contributed by atoms with Crippen molar-refractivity contribution in [2.24, 2.45) is 5.73 Å². The van der Waals surface area contributed by atoms with Crippen molar-refractivity contribution in [2.75, 3.05) is 7.11 Å². The van der Waals surface area contributed by atoms with Gasteiger partial charge in [-0.2, -0.15) is 0 Å². The van der Waals surface area contributed by atoms with Crippen molar-refractivity contribution in [2.45, 2.75) is 12.6 Å². The molecule has 0 aliphatic carbocycles. The molecule has 0 heterocycles. The van der Waals surface area contributed by atoms with E-state index in [1.807, 2.05) is 30.3 Å². The minimum absolute atomic E-state index is 0.364. The maximum Gasteiger partial charge on any atom is 0.325 e. The highest BCUT2D eigenvalue weighted by Gasteiger charge is 2.16. The maximum atomic E-state index is 10.9. The number of methoxy groups -OCH3 is 1. The lowest BCUT2D eigenvalue weighted by molar-refractivity contribution is -0.138. The maximum absolute atomic E-state index is 10.9. The van der Waals surface area contributed by atoms with Crippen LogP contribution in [0, 0.1) is 0 Å². The van der Waals surface area contributed by atoms with Crippen LogP contribution in [0.2, 0.25) is 0 Å². The average Bonchev–Trinajstić information content (AvgIpc) is 2.52. The highest BCUT2D eigenvalue weighted by molar-refractivity contribution is 5.75. The summed E-state index contributed by atoms with van der Waals surface area (Å²) < 4.78 is 10.9. The van der Waals surface area contributed by atoms with Crippen LogP contribution in [0.15, 0.2) is 48.5 Å². The molecule has 0 fully saturated rings. The van der Waals surface area contributed by atoms with Gasteiger partial charge in [0.2, 0.25) is 0 Å². The monoisotopic (exact) mass is 287 g/mol. The smallest absolute Gasteiger partial charge is 0.325 e. The van der Waals surface area contributed by atoms with E-state index in [4.69, 9.17) is 20.3 Å². The first kappa shape index (κ1) is 14.9. The second kappa shape index (κ2) is 6.76. The van der Waals surface area contributed by atoms with Gasteiger partial charge in [-0.3, -0.25) is 4.79 Å². The quantitative estimate of drug-likeness (QED) is 0.852. The van der Waals surface area contributed by atoms with Gasteiger partial charge in [0.15, 0.2) is 11.5 Å². The lowest BCUT2D eigenvalue weighted by Gasteiger charge is -2.14. The van der Waals surface area contributed by atoms with E-state index in [-0.39, 0.29) is 0 Å². The van der Waals surface area contributed by atoms with Gasteiger partial charge >= 0.3 is 5.97 Å². The van der Waals surface area contributed by atoms with E-state index in [9.17, 15) is 4.79 Å². The number of carboxylic acids is 1. The van der Waals surface area contributed by atoms with Crippen LogP contribution in [-0.2, 0) is 11.4 Å². The Hall–Kier alpha value is -2.53. The van der Waals surface area contributed by atoms with Crippen LogP contribution in [0.25, 0.3) is 0 Å². The molecule has 0 saturated carbocycles. The Kier molecular flexibility index (Phi) is 4.79. The molecule has 5 nitrogen and oxygen atoms in total. The SMILES string of the molecule is COc1ccc([C@H](N)C(=O)O)cc1OCc1ccccc1. The van der Waals surface area contributed by atoms with E-state index in [2.05, 4.69) is 0 Å². The lowest BCUT2D eigenvalue weighted by Crippen LogP contribution is -2.20. The molecule has 0 unspecified atom stereocenters. The Morgan fingerprint density at radius 2 is 1.90 bits per heavy atom. The zero-order valence-corrected chi connectivity index (χ0v) is 11.7. The van der Waals surface area contributed by atoms with Crippen molar-refractivity contribution in [1.29, 1.82) is 0 Å². The van der Waals surface area contributed by atoms with E-state index in [0.717, 1.165) is 5.56 Å². The van der Waals surface area contributed by atoms with Crippen LogP contribution in [0.5, 0.6) is 11.5 Å². The molecule has 3 N–H and O–H groups in total. The number of rotatable bonds is 6. The summed E-state index contributed by atoms with van der Waals surface area (Å²) in [5.74, 6) is -0.0861. The summed E-state index contributed by atoms with van der Waals surface area (Å²) in [7, 11) is 1.53. The van der Waals surface area contributed by atoms with Gasteiger partial charge in [-0.25, -0.2) is 0 Å². The van der Waals surface area contributed by atoms with Gasteiger partial charge in [0, 0.05) is 0 Å². The summed E-state index contributed by atoms with van der Waals surface area (Å²) in [6.07, 6.45) is 0. The van der Waals surface area contributed by atoms with Crippen LogP contribution in [-0.4, -0.2) is 18.2 Å². The van der Waals surface area contributed by atoms with Crippen molar-refractivity contribution in [3.8, 4) is 11.5 Å². The summed E-state index contributed by atoms with van der Waals surface area (Å²) in [6.45, 7) is 0.364. The normalized spacial score (nSPS) is 11.7. The number of benzene rings is 2. The molecule has 5 heteroatoms. The first-order chi connectivity index (χ1) is 10.1. The summed E-state index contributed by atoms with van der Waals surface area (Å²) >= 11 is 0. The van der Waals surface area contributed by atoms with Crippen LogP contribution in [0.1, 0.15) is 17.2 Å². The van der Waals surface area contributed by atoms with Gasteiger partial charge in [-0.05, 0) is 23.3 Å².